The molecule has 0 bridgehead atoms. The molecule has 2 aliphatic heterocycles. The van der Waals surface area contributed by atoms with E-state index in [0.717, 1.165) is 38.9 Å². The van der Waals surface area contributed by atoms with Crippen LogP contribution in [0.15, 0.2) is 0 Å². The van der Waals surface area contributed by atoms with E-state index in [-0.39, 0.29) is 0 Å². The maximum absolute atomic E-state index is 11.5. The van der Waals surface area contributed by atoms with E-state index in [1.54, 1.807) is 0 Å². The van der Waals surface area contributed by atoms with Crippen molar-refractivity contribution in [2.45, 2.75) is 38.1 Å². The van der Waals surface area contributed by atoms with Crippen molar-refractivity contribution in [1.82, 2.24) is 10.2 Å². The molecule has 0 aromatic carbocycles. The first-order valence-electron chi connectivity index (χ1n) is 5.38. The minimum Gasteiger partial charge on any atom is -0.340 e. The molecule has 0 aliphatic carbocycles. The molecule has 1 amide bonds. The molecule has 1 unspecified atom stereocenters. The molecule has 2 fully saturated rings. The van der Waals surface area contributed by atoms with Crippen LogP contribution in [-0.4, -0.2) is 36.5 Å². The van der Waals surface area contributed by atoms with Crippen LogP contribution < -0.4 is 5.32 Å². The van der Waals surface area contributed by atoms with Crippen molar-refractivity contribution in [1.29, 1.82) is 0 Å². The van der Waals surface area contributed by atoms with Crippen molar-refractivity contribution in [3.05, 3.63) is 0 Å². The van der Waals surface area contributed by atoms with Gasteiger partial charge in [-0.25, -0.2) is 0 Å². The van der Waals surface area contributed by atoms with E-state index in [9.17, 15) is 4.79 Å². The number of likely N-dealkylation sites (tertiary alicyclic amines) is 1. The summed E-state index contributed by atoms with van der Waals surface area (Å²) >= 11 is 0. The third-order valence-electron chi connectivity index (χ3n) is 3.10. The maximum atomic E-state index is 11.5. The Hall–Kier alpha value is -0.570. The van der Waals surface area contributed by atoms with Crippen LogP contribution in [0.5, 0.6) is 0 Å². The van der Waals surface area contributed by atoms with Crippen molar-refractivity contribution in [3.8, 4) is 0 Å². The standard InChI is InChI=1S/C10H18N2O/c13-10-4-2-8-12(10)9-3-1-6-11-7-5-9/h9,11H,1-8H2. The molecule has 0 saturated carbocycles. The number of carbonyl (C=O) groups is 1. The third kappa shape index (κ3) is 2.02. The molecule has 2 rings (SSSR count). The number of rotatable bonds is 1. The van der Waals surface area contributed by atoms with Crippen LogP contribution in [0.25, 0.3) is 0 Å². The topological polar surface area (TPSA) is 32.3 Å². The Balaban J connectivity index is 1.93. The lowest BCUT2D eigenvalue weighted by Gasteiger charge is -2.26. The zero-order chi connectivity index (χ0) is 9.10. The van der Waals surface area contributed by atoms with Crippen molar-refractivity contribution in [3.63, 3.8) is 0 Å². The summed E-state index contributed by atoms with van der Waals surface area (Å²) < 4.78 is 0. The van der Waals surface area contributed by atoms with Gasteiger partial charge in [0.2, 0.25) is 5.91 Å². The third-order valence-corrected chi connectivity index (χ3v) is 3.10. The predicted molar refractivity (Wildman–Crippen MR) is 51.5 cm³/mol. The zero-order valence-corrected chi connectivity index (χ0v) is 8.09. The van der Waals surface area contributed by atoms with Crippen LogP contribution in [0.1, 0.15) is 32.1 Å². The van der Waals surface area contributed by atoms with Crippen molar-refractivity contribution >= 4 is 5.91 Å². The Morgan fingerprint density at radius 3 is 2.92 bits per heavy atom. The number of nitrogens with one attached hydrogen (secondary N) is 1. The van der Waals surface area contributed by atoms with Gasteiger partial charge in [0.15, 0.2) is 0 Å². The molecule has 0 radical (unpaired) electrons. The van der Waals surface area contributed by atoms with E-state index in [2.05, 4.69) is 10.2 Å². The smallest absolute Gasteiger partial charge is 0.222 e. The van der Waals surface area contributed by atoms with Crippen LogP contribution in [0.3, 0.4) is 0 Å². The normalized spacial score (nSPS) is 30.6. The molecule has 74 valence electrons. The minimum absolute atomic E-state index is 0.381. The van der Waals surface area contributed by atoms with Gasteiger partial charge in [-0.15, -0.1) is 0 Å². The predicted octanol–water partition coefficient (Wildman–Crippen LogP) is 0.751. The molecule has 0 aromatic rings. The molecule has 13 heavy (non-hydrogen) atoms. The second kappa shape index (κ2) is 4.09. The minimum atomic E-state index is 0.381. The highest BCUT2D eigenvalue weighted by Gasteiger charge is 2.27. The molecule has 2 aliphatic rings. The van der Waals surface area contributed by atoms with Gasteiger partial charge in [-0.1, -0.05) is 0 Å². The summed E-state index contributed by atoms with van der Waals surface area (Å²) in [5, 5.41) is 3.38. The lowest BCUT2D eigenvalue weighted by atomic mass is 10.1. The van der Waals surface area contributed by atoms with Crippen molar-refractivity contribution < 1.29 is 4.79 Å². The Morgan fingerprint density at radius 1 is 1.23 bits per heavy atom. The Morgan fingerprint density at radius 2 is 2.15 bits per heavy atom. The van der Waals surface area contributed by atoms with Crippen LogP contribution in [-0.2, 0) is 4.79 Å². The summed E-state index contributed by atoms with van der Waals surface area (Å²) in [6.07, 6.45) is 5.41. The second-order valence-electron chi connectivity index (χ2n) is 4.03. The van der Waals surface area contributed by atoms with E-state index >= 15 is 0 Å². The Kier molecular flexibility index (Phi) is 2.83. The first-order chi connectivity index (χ1) is 6.38. The SMILES string of the molecule is O=C1CCCN1C1CCCNCC1. The van der Waals surface area contributed by atoms with Crippen LogP contribution in [0, 0.1) is 0 Å². The summed E-state index contributed by atoms with van der Waals surface area (Å²) in [5.41, 5.74) is 0. The first-order valence-corrected chi connectivity index (χ1v) is 5.38. The fourth-order valence-corrected chi connectivity index (χ4v) is 2.37. The van der Waals surface area contributed by atoms with E-state index in [0.29, 0.717) is 11.9 Å². The summed E-state index contributed by atoms with van der Waals surface area (Å²) in [7, 11) is 0. The van der Waals surface area contributed by atoms with Gasteiger partial charge in [-0.3, -0.25) is 4.79 Å². The summed E-state index contributed by atoms with van der Waals surface area (Å²) in [6, 6.07) is 0.532. The maximum Gasteiger partial charge on any atom is 0.222 e. The molecule has 2 heterocycles. The molecular formula is C10H18N2O. The van der Waals surface area contributed by atoms with Gasteiger partial charge >= 0.3 is 0 Å². The van der Waals surface area contributed by atoms with Crippen LogP contribution in [0.4, 0.5) is 0 Å². The van der Waals surface area contributed by atoms with E-state index < -0.39 is 0 Å². The number of hydrogen-bond donors (Lipinski definition) is 1. The first kappa shape index (κ1) is 9.00. The van der Waals surface area contributed by atoms with Gasteiger partial charge < -0.3 is 10.2 Å². The molecule has 0 spiro atoms. The molecule has 1 N–H and O–H groups in total. The number of carbonyl (C=O) groups excluding carboxylic acids is 1. The average molecular weight is 182 g/mol. The number of hydrogen-bond acceptors (Lipinski definition) is 2. The Labute approximate surface area is 79.5 Å². The molecule has 3 nitrogen and oxygen atoms in total. The van der Waals surface area contributed by atoms with Crippen LogP contribution in [0.2, 0.25) is 0 Å². The highest BCUT2D eigenvalue weighted by molar-refractivity contribution is 5.78. The van der Waals surface area contributed by atoms with E-state index in [1.807, 2.05) is 0 Å². The van der Waals surface area contributed by atoms with Gasteiger partial charge in [0.25, 0.3) is 0 Å². The molecular weight excluding hydrogens is 164 g/mol. The molecule has 3 heteroatoms. The van der Waals surface area contributed by atoms with Gasteiger partial charge in [0.05, 0.1) is 0 Å². The molecule has 1 atom stereocenters. The quantitative estimate of drug-likeness (QED) is 0.649. The summed E-state index contributed by atoms with van der Waals surface area (Å²) in [6.45, 7) is 3.20. The van der Waals surface area contributed by atoms with Gasteiger partial charge in [0.1, 0.15) is 0 Å². The fraction of sp³-hybridized carbons (Fsp3) is 0.900. The highest BCUT2D eigenvalue weighted by atomic mass is 16.2. The number of nitrogens with zero attached hydrogens (tertiary/aromatic N) is 1. The molecule has 0 aromatic heterocycles. The van der Waals surface area contributed by atoms with Gasteiger partial charge in [-0.2, -0.15) is 0 Å². The average Bonchev–Trinajstić information content (AvgIpc) is 2.43. The highest BCUT2D eigenvalue weighted by Crippen LogP contribution is 2.19. The van der Waals surface area contributed by atoms with E-state index in [1.165, 1.54) is 12.8 Å². The van der Waals surface area contributed by atoms with Crippen molar-refractivity contribution in [2.24, 2.45) is 0 Å². The Bertz CT molecular complexity index is 185. The second-order valence-corrected chi connectivity index (χ2v) is 4.03. The lowest BCUT2D eigenvalue weighted by molar-refractivity contribution is -0.129. The zero-order valence-electron chi connectivity index (χ0n) is 8.09. The van der Waals surface area contributed by atoms with E-state index in [4.69, 9.17) is 0 Å². The van der Waals surface area contributed by atoms with Crippen molar-refractivity contribution in [2.75, 3.05) is 19.6 Å². The monoisotopic (exact) mass is 182 g/mol. The van der Waals surface area contributed by atoms with Gasteiger partial charge in [0, 0.05) is 19.0 Å². The fourth-order valence-electron chi connectivity index (χ4n) is 2.37. The van der Waals surface area contributed by atoms with Gasteiger partial charge in [-0.05, 0) is 38.8 Å². The largest absolute Gasteiger partial charge is 0.340 e. The lowest BCUT2D eigenvalue weighted by Crippen LogP contribution is -2.36. The number of amides is 1. The molecule has 2 saturated heterocycles. The van der Waals surface area contributed by atoms with Crippen LogP contribution >= 0.6 is 0 Å². The summed E-state index contributed by atoms with van der Waals surface area (Å²) in [5.74, 6) is 0.381. The summed E-state index contributed by atoms with van der Waals surface area (Å²) in [4.78, 5) is 13.6.